The van der Waals surface area contributed by atoms with Gasteiger partial charge in [0.1, 0.15) is 0 Å². The van der Waals surface area contributed by atoms with Crippen LogP contribution in [-0.2, 0) is 0 Å². The van der Waals surface area contributed by atoms with Crippen LogP contribution < -0.4 is 8.70 Å². The summed E-state index contributed by atoms with van der Waals surface area (Å²) < 4.78 is 2.06. The van der Waals surface area contributed by atoms with Crippen molar-refractivity contribution in [2.45, 2.75) is 25.7 Å². The number of carbonyl (C=O) groups is 1. The molecule has 0 amide bonds. The van der Waals surface area contributed by atoms with Crippen LogP contribution in [0.2, 0.25) is 0 Å². The summed E-state index contributed by atoms with van der Waals surface area (Å²) in [5.41, 5.74) is 4.83. The fourth-order valence-electron chi connectivity index (χ4n) is 3.15. The van der Waals surface area contributed by atoms with Crippen LogP contribution >= 0.6 is 0 Å². The van der Waals surface area contributed by atoms with Gasteiger partial charge < -0.3 is 0 Å². The van der Waals surface area contributed by atoms with Crippen molar-refractivity contribution < 1.29 is 9.90 Å². The Bertz CT molecular complexity index is 965. The van der Waals surface area contributed by atoms with Gasteiger partial charge in [-0.25, -0.2) is 0 Å². The average molecular weight is 404 g/mol. The summed E-state index contributed by atoms with van der Waals surface area (Å²) in [5.74, 6) is -0.268. The van der Waals surface area contributed by atoms with Gasteiger partial charge in [-0.3, -0.25) is 0 Å². The Balaban J connectivity index is 1.63. The molecule has 129 valence electrons. The summed E-state index contributed by atoms with van der Waals surface area (Å²) >= 11 is -0.410. The van der Waals surface area contributed by atoms with E-state index in [0.29, 0.717) is 11.5 Å². The molecule has 1 radical (unpaired) electrons. The summed E-state index contributed by atoms with van der Waals surface area (Å²) in [6.07, 6.45) is 4.25. The van der Waals surface area contributed by atoms with Crippen molar-refractivity contribution in [2.24, 2.45) is 0 Å². The minimum absolute atomic E-state index is 0.410. The molecule has 26 heavy (non-hydrogen) atoms. The van der Waals surface area contributed by atoms with E-state index < -0.39 is 21.7 Å². The van der Waals surface area contributed by atoms with E-state index in [1.54, 1.807) is 0 Å². The first kappa shape index (κ1) is 17.1. The third-order valence-electron chi connectivity index (χ3n) is 4.66. The number of hydrogen-bond acceptors (Lipinski definition) is 2. The van der Waals surface area contributed by atoms with E-state index >= 15 is 0 Å². The van der Waals surface area contributed by atoms with Gasteiger partial charge in [-0.15, -0.1) is 0 Å². The predicted molar refractivity (Wildman–Crippen MR) is 105 cm³/mol. The van der Waals surface area contributed by atoms with Gasteiger partial charge in [0, 0.05) is 0 Å². The van der Waals surface area contributed by atoms with Crippen LogP contribution in [0.15, 0.2) is 60.8 Å². The predicted octanol–water partition coefficient (Wildman–Crippen LogP) is 3.29. The molecule has 0 unspecified atom stereocenters. The molecule has 0 saturated heterocycles. The molecule has 2 aromatic carbocycles. The molecule has 1 saturated carbocycles. The van der Waals surface area contributed by atoms with Crippen LogP contribution in [0, 0.1) is 6.92 Å². The van der Waals surface area contributed by atoms with E-state index in [1.807, 2.05) is 36.5 Å². The Morgan fingerprint density at radius 2 is 1.88 bits per heavy atom. The molecule has 3 nitrogen and oxygen atoms in total. The molecule has 0 bridgehead atoms. The third-order valence-corrected chi connectivity index (χ3v) is 7.04. The molecule has 4 rings (SSSR count). The van der Waals surface area contributed by atoms with Gasteiger partial charge in [-0.2, -0.15) is 0 Å². The average Bonchev–Trinajstić information content (AvgIpc) is 3.48. The van der Waals surface area contributed by atoms with Crippen molar-refractivity contribution in [2.75, 3.05) is 0 Å². The molecular weight excluding hydrogens is 385 g/mol. The van der Waals surface area contributed by atoms with Gasteiger partial charge in [0.15, 0.2) is 0 Å². The number of aromatic carboxylic acids is 1. The van der Waals surface area contributed by atoms with Crippen molar-refractivity contribution in [3.63, 3.8) is 0 Å². The van der Waals surface area contributed by atoms with Crippen molar-refractivity contribution in [1.82, 2.24) is 4.98 Å². The number of pyridine rings is 1. The molecule has 1 N–H and O–H groups in total. The monoisotopic (exact) mass is 404 g/mol. The van der Waals surface area contributed by atoms with E-state index in [0.717, 1.165) is 25.5 Å². The summed E-state index contributed by atoms with van der Waals surface area (Å²) in [4.78, 5) is 16.4. The first-order valence-electron chi connectivity index (χ1n) is 8.73. The molecule has 0 atom stereocenters. The molecule has 0 spiro atoms. The zero-order chi connectivity index (χ0) is 18.1. The molecular formula is C22H19AsNO2. The normalized spacial score (nSPS) is 14.0. The van der Waals surface area contributed by atoms with E-state index in [2.05, 4.69) is 36.2 Å². The van der Waals surface area contributed by atoms with Crippen molar-refractivity contribution in [3.8, 4) is 11.3 Å². The van der Waals surface area contributed by atoms with Crippen LogP contribution in [-0.4, -0.2) is 31.8 Å². The number of nitrogens with zero attached hydrogens (tertiary/aromatic N) is 1. The SMILES string of the molecule is Cc1cc([As]c2ccc(C3CC3)cc2C(=O)O)cnc1-c1ccccc1. The zero-order valence-electron chi connectivity index (χ0n) is 14.5. The van der Waals surface area contributed by atoms with Gasteiger partial charge >= 0.3 is 160 Å². The second-order valence-corrected chi connectivity index (χ2v) is 9.26. The Labute approximate surface area is 159 Å². The number of benzene rings is 2. The molecule has 3 aromatic rings. The quantitative estimate of drug-likeness (QED) is 0.664. The Morgan fingerprint density at radius 3 is 2.54 bits per heavy atom. The molecule has 1 fully saturated rings. The number of aromatic nitrogens is 1. The van der Waals surface area contributed by atoms with E-state index in [4.69, 9.17) is 0 Å². The maximum atomic E-state index is 11.7. The number of carboxylic acid groups (broad SMARTS) is 1. The van der Waals surface area contributed by atoms with Gasteiger partial charge in [-0.1, -0.05) is 0 Å². The standard InChI is InChI=1S/C22H19AsNO2/c1-14-11-18(13-24-21(14)16-5-3-2-4-6-16)23-20-10-9-17(15-7-8-15)12-19(20)22(25)26/h2-6,9-13,15H,7-8H2,1H3,(H,25,26). The van der Waals surface area contributed by atoms with Crippen LogP contribution in [0.3, 0.4) is 0 Å². The number of hydrogen-bond donors (Lipinski definition) is 1. The fourth-order valence-corrected chi connectivity index (χ4v) is 5.42. The van der Waals surface area contributed by atoms with Crippen LogP contribution in [0.5, 0.6) is 0 Å². The topological polar surface area (TPSA) is 50.2 Å². The number of rotatable bonds is 5. The summed E-state index contributed by atoms with van der Waals surface area (Å²) in [6, 6.07) is 18.3. The van der Waals surface area contributed by atoms with E-state index in [1.165, 1.54) is 18.4 Å². The van der Waals surface area contributed by atoms with Crippen LogP contribution in [0.4, 0.5) is 0 Å². The van der Waals surface area contributed by atoms with Crippen molar-refractivity contribution in [1.29, 1.82) is 0 Å². The Morgan fingerprint density at radius 1 is 1.12 bits per heavy atom. The summed E-state index contributed by atoms with van der Waals surface area (Å²) in [7, 11) is 0. The number of carboxylic acids is 1. The maximum absolute atomic E-state index is 11.7. The van der Waals surface area contributed by atoms with Crippen molar-refractivity contribution in [3.05, 3.63) is 77.5 Å². The molecule has 1 aromatic heterocycles. The molecule has 1 aliphatic carbocycles. The second kappa shape index (κ2) is 7.09. The van der Waals surface area contributed by atoms with E-state index in [9.17, 15) is 9.90 Å². The molecule has 1 aliphatic rings. The zero-order valence-corrected chi connectivity index (χ0v) is 16.4. The molecule has 0 aliphatic heterocycles. The first-order chi connectivity index (χ1) is 12.6. The van der Waals surface area contributed by atoms with E-state index in [-0.39, 0.29) is 0 Å². The van der Waals surface area contributed by atoms with Crippen LogP contribution in [0.1, 0.15) is 40.2 Å². The second-order valence-electron chi connectivity index (χ2n) is 6.69. The Hall–Kier alpha value is -2.38. The third kappa shape index (κ3) is 3.59. The summed E-state index contributed by atoms with van der Waals surface area (Å²) in [6.45, 7) is 2.06. The Kier molecular flexibility index (Phi) is 4.65. The number of aryl methyl sites for hydroxylation is 1. The van der Waals surface area contributed by atoms with Crippen LogP contribution in [0.25, 0.3) is 11.3 Å². The van der Waals surface area contributed by atoms with Gasteiger partial charge in [0.05, 0.1) is 0 Å². The first-order valence-corrected chi connectivity index (χ1v) is 10.6. The van der Waals surface area contributed by atoms with Gasteiger partial charge in [0.25, 0.3) is 0 Å². The fraction of sp³-hybridized carbons (Fsp3) is 0.182. The molecule has 4 heteroatoms. The van der Waals surface area contributed by atoms with Crippen molar-refractivity contribution >= 4 is 30.4 Å². The van der Waals surface area contributed by atoms with Gasteiger partial charge in [-0.05, 0) is 0 Å². The summed E-state index contributed by atoms with van der Waals surface area (Å²) in [5, 5.41) is 9.62. The van der Waals surface area contributed by atoms with Gasteiger partial charge in [0.2, 0.25) is 0 Å². The molecule has 1 heterocycles. The minimum atomic E-state index is -0.830.